The molecule has 0 aliphatic rings. The molecule has 0 heterocycles. The van der Waals surface area contributed by atoms with E-state index >= 15 is 0 Å². The predicted octanol–water partition coefficient (Wildman–Crippen LogP) is 10.4. The van der Waals surface area contributed by atoms with Gasteiger partial charge in [0.15, 0.2) is 11.5 Å². The summed E-state index contributed by atoms with van der Waals surface area (Å²) in [6.45, 7) is 20.9. The first-order valence-electron chi connectivity index (χ1n) is 23.7. The molecule has 0 spiro atoms. The number of aromatic hydroxyl groups is 2. The van der Waals surface area contributed by atoms with Crippen LogP contribution in [-0.2, 0) is 54.1 Å². The first-order chi connectivity index (χ1) is 29.9. The van der Waals surface area contributed by atoms with Crippen LogP contribution >= 0.6 is 15.9 Å². The molecule has 4 unspecified atom stereocenters. The molecule has 0 radical (unpaired) electrons. The molecule has 1 amide bonds. The number of unbranched alkanes of at least 4 members (excludes halogenated alkanes) is 3. The molecule has 0 aromatic heterocycles. The molecule has 0 saturated heterocycles. The Balaban J connectivity index is 3.19. The van der Waals surface area contributed by atoms with Crippen LogP contribution in [0.1, 0.15) is 171 Å². The van der Waals surface area contributed by atoms with Crippen LogP contribution in [0.3, 0.4) is 0 Å². The van der Waals surface area contributed by atoms with Crippen molar-refractivity contribution in [2.24, 2.45) is 23.2 Å². The number of amides is 1. The van der Waals surface area contributed by atoms with E-state index in [0.717, 1.165) is 45.1 Å². The van der Waals surface area contributed by atoms with E-state index in [2.05, 4.69) is 29.8 Å². The van der Waals surface area contributed by atoms with Crippen molar-refractivity contribution in [2.75, 3.05) is 40.0 Å². The van der Waals surface area contributed by atoms with E-state index in [4.69, 9.17) is 23.7 Å². The summed E-state index contributed by atoms with van der Waals surface area (Å²) in [5.74, 6) is -3.46. The summed E-state index contributed by atoms with van der Waals surface area (Å²) in [6.07, 6.45) is 9.11. The first kappa shape index (κ1) is 58.6. The van der Waals surface area contributed by atoms with E-state index in [1.165, 1.54) is 12.1 Å². The number of hydrogen-bond donors (Lipinski definition) is 2. The van der Waals surface area contributed by atoms with Crippen molar-refractivity contribution in [1.82, 2.24) is 4.90 Å². The zero-order chi connectivity index (χ0) is 48.5. The van der Waals surface area contributed by atoms with Crippen LogP contribution in [0.15, 0.2) is 18.2 Å². The van der Waals surface area contributed by atoms with E-state index < -0.39 is 51.6 Å². The Bertz CT molecular complexity index is 1560. The minimum Gasteiger partial charge on any atom is -0.504 e. The fourth-order valence-corrected chi connectivity index (χ4v) is 7.52. The van der Waals surface area contributed by atoms with Crippen molar-refractivity contribution in [2.45, 2.75) is 188 Å². The van der Waals surface area contributed by atoms with Crippen LogP contribution in [0.25, 0.3) is 0 Å². The molecular formula is C50H84BrNO12. The lowest BCUT2D eigenvalue weighted by Gasteiger charge is -2.31. The van der Waals surface area contributed by atoms with Crippen molar-refractivity contribution in [3.63, 3.8) is 0 Å². The Labute approximate surface area is 393 Å². The molecule has 0 saturated carbocycles. The number of carbonyl (C=O) groups excluding carboxylic acids is 5. The largest absolute Gasteiger partial charge is 0.504 e. The molecule has 1 aromatic rings. The van der Waals surface area contributed by atoms with Gasteiger partial charge in [-0.25, -0.2) is 0 Å². The maximum absolute atomic E-state index is 14.1. The molecular weight excluding hydrogens is 886 g/mol. The smallest absolute Gasteiger partial charge is 0.319 e. The van der Waals surface area contributed by atoms with Gasteiger partial charge in [0.1, 0.15) is 10.4 Å². The van der Waals surface area contributed by atoms with Gasteiger partial charge in [-0.2, -0.15) is 0 Å². The van der Waals surface area contributed by atoms with E-state index in [9.17, 15) is 34.2 Å². The Morgan fingerprint density at radius 2 is 1.39 bits per heavy atom. The zero-order valence-electron chi connectivity index (χ0n) is 41.2. The number of ether oxygens (including phenoxy) is 5. The number of nitrogens with zero attached hydrogens (tertiary/aromatic N) is 1. The molecule has 4 atom stereocenters. The Morgan fingerprint density at radius 1 is 0.719 bits per heavy atom. The fraction of sp³-hybridized carbons (Fsp3) is 0.780. The maximum Gasteiger partial charge on any atom is 0.319 e. The lowest BCUT2D eigenvalue weighted by atomic mass is 9.79. The summed E-state index contributed by atoms with van der Waals surface area (Å²) in [4.78, 5) is 67.9. The third-order valence-corrected chi connectivity index (χ3v) is 12.2. The van der Waals surface area contributed by atoms with Crippen LogP contribution in [0, 0.1) is 23.2 Å². The minimum absolute atomic E-state index is 0.0404. The van der Waals surface area contributed by atoms with Crippen LogP contribution in [-0.4, -0.2) is 101 Å². The molecule has 13 nitrogen and oxygen atoms in total. The average Bonchev–Trinajstić information content (AvgIpc) is 3.21. The minimum atomic E-state index is -1.05. The topological polar surface area (TPSA) is 175 Å². The third-order valence-electron chi connectivity index (χ3n) is 11.4. The van der Waals surface area contributed by atoms with Crippen molar-refractivity contribution in [3.05, 3.63) is 23.8 Å². The van der Waals surface area contributed by atoms with Crippen LogP contribution in [0.2, 0.25) is 0 Å². The van der Waals surface area contributed by atoms with Gasteiger partial charge in [0, 0.05) is 32.9 Å². The van der Waals surface area contributed by atoms with E-state index in [-0.39, 0.29) is 80.8 Å². The van der Waals surface area contributed by atoms with Crippen molar-refractivity contribution in [1.29, 1.82) is 0 Å². The molecule has 64 heavy (non-hydrogen) atoms. The molecule has 14 heteroatoms. The van der Waals surface area contributed by atoms with Gasteiger partial charge in [-0.05, 0) is 136 Å². The van der Waals surface area contributed by atoms with Gasteiger partial charge in [0.05, 0.1) is 49.3 Å². The summed E-state index contributed by atoms with van der Waals surface area (Å²) >= 11 is 3.45. The predicted molar refractivity (Wildman–Crippen MR) is 253 cm³/mol. The number of esters is 4. The Kier molecular flexibility index (Phi) is 27.5. The van der Waals surface area contributed by atoms with Crippen molar-refractivity contribution in [3.8, 4) is 11.5 Å². The van der Waals surface area contributed by atoms with Gasteiger partial charge in [-0.15, -0.1) is 0 Å². The number of phenolic OH excluding ortho intramolecular Hbond substituents is 2. The monoisotopic (exact) mass is 970 g/mol. The SMILES string of the molecule is CCCCC(CC)COC(=O)C(CCC(CCC(Br)C(=O)OCCc1ccc(O)c(O)c1)C(=O)OC(C)(C)CCOC(C)(C)C)CC(C)(C)C(=O)OCCCCCC(=O)N(C)CCC. The molecule has 1 rings (SSSR count). The van der Waals surface area contributed by atoms with E-state index in [1.54, 1.807) is 24.8 Å². The number of phenols is 2. The van der Waals surface area contributed by atoms with Gasteiger partial charge in [0.25, 0.3) is 0 Å². The molecule has 1 aromatic carbocycles. The van der Waals surface area contributed by atoms with E-state index in [0.29, 0.717) is 44.3 Å². The second-order valence-corrected chi connectivity index (χ2v) is 20.7. The number of hydrogen-bond acceptors (Lipinski definition) is 12. The second kappa shape index (κ2) is 30.0. The van der Waals surface area contributed by atoms with Gasteiger partial charge in [-0.1, -0.05) is 62.0 Å². The summed E-state index contributed by atoms with van der Waals surface area (Å²) in [5, 5.41) is 19.4. The highest BCUT2D eigenvalue weighted by atomic mass is 79.9. The highest BCUT2D eigenvalue weighted by Crippen LogP contribution is 2.34. The summed E-state index contributed by atoms with van der Waals surface area (Å²) < 4.78 is 29.2. The number of benzene rings is 1. The Hall–Kier alpha value is -3.39. The number of alkyl halides is 1. The van der Waals surface area contributed by atoms with Crippen LogP contribution in [0.5, 0.6) is 11.5 Å². The molecule has 2 N–H and O–H groups in total. The van der Waals surface area contributed by atoms with Gasteiger partial charge in [-0.3, -0.25) is 24.0 Å². The summed E-state index contributed by atoms with van der Waals surface area (Å²) in [7, 11) is 1.81. The quantitative estimate of drug-likeness (QED) is 0.0225. The molecule has 0 aliphatic carbocycles. The van der Waals surface area contributed by atoms with E-state index in [1.807, 2.05) is 48.6 Å². The molecule has 368 valence electrons. The standard InChI is InChI=1S/C50H84BrNO12/c1-12-15-19-36(14-3)35-62-44(56)39(34-49(7,8)47(59)61-30-18-16-17-20-43(55)52(11)29-13-2)23-22-38(45(57)64-50(9,10)28-32-63-48(4,5)6)24-25-40(51)46(58)60-31-27-37-21-26-41(53)42(54)33-37/h21,26,33,36,38-40,53-54H,12-20,22-25,27-32,34-35H2,1-11H3. The average molecular weight is 971 g/mol. The Morgan fingerprint density at radius 3 is 2.02 bits per heavy atom. The first-order valence-corrected chi connectivity index (χ1v) is 24.6. The molecule has 0 aliphatic heterocycles. The number of halogens is 1. The summed E-state index contributed by atoms with van der Waals surface area (Å²) in [6, 6.07) is 4.41. The molecule has 0 bridgehead atoms. The third kappa shape index (κ3) is 24.8. The van der Waals surface area contributed by atoms with Crippen molar-refractivity contribution < 1.29 is 57.9 Å². The number of carbonyl (C=O) groups is 5. The van der Waals surface area contributed by atoms with Gasteiger partial charge < -0.3 is 38.8 Å². The van der Waals surface area contributed by atoms with Gasteiger partial charge >= 0.3 is 23.9 Å². The highest BCUT2D eigenvalue weighted by Gasteiger charge is 2.38. The lowest BCUT2D eigenvalue weighted by molar-refractivity contribution is -0.166. The summed E-state index contributed by atoms with van der Waals surface area (Å²) in [5.41, 5.74) is -1.60. The van der Waals surface area contributed by atoms with Crippen molar-refractivity contribution >= 4 is 45.7 Å². The lowest BCUT2D eigenvalue weighted by Crippen LogP contribution is -2.35. The number of rotatable bonds is 33. The van der Waals surface area contributed by atoms with Gasteiger partial charge in [0.2, 0.25) is 5.91 Å². The van der Waals surface area contributed by atoms with Crippen LogP contribution in [0.4, 0.5) is 0 Å². The zero-order valence-corrected chi connectivity index (χ0v) is 42.8. The fourth-order valence-electron chi connectivity index (χ4n) is 7.13. The molecule has 0 fully saturated rings. The second-order valence-electron chi connectivity index (χ2n) is 19.5. The van der Waals surface area contributed by atoms with Crippen LogP contribution < -0.4 is 0 Å². The maximum atomic E-state index is 14.1. The highest BCUT2D eigenvalue weighted by molar-refractivity contribution is 9.10. The normalized spacial score (nSPS) is 13.9.